The van der Waals surface area contributed by atoms with Crippen molar-refractivity contribution in [3.63, 3.8) is 0 Å². The van der Waals surface area contributed by atoms with E-state index in [1.54, 1.807) is 19.9 Å². The maximum atomic E-state index is 12.3. The molecule has 6 nitrogen and oxygen atoms in total. The van der Waals surface area contributed by atoms with Gasteiger partial charge in [-0.05, 0) is 38.1 Å². The molecule has 2 aromatic rings. The fraction of sp³-hybridized carbons (Fsp3) is 0.400. The van der Waals surface area contributed by atoms with E-state index < -0.39 is 7.60 Å². The van der Waals surface area contributed by atoms with Gasteiger partial charge < -0.3 is 19.3 Å². The van der Waals surface area contributed by atoms with Gasteiger partial charge in [0.05, 0.1) is 25.1 Å². The number of carbonyl (C=O) groups is 1. The molecule has 1 heterocycles. The predicted molar refractivity (Wildman–Crippen MR) is 87.9 cm³/mol. The van der Waals surface area contributed by atoms with Crippen molar-refractivity contribution in [3.8, 4) is 0 Å². The average molecular weight is 324 g/mol. The summed E-state index contributed by atoms with van der Waals surface area (Å²) in [5, 5.41) is 4.15. The zero-order valence-corrected chi connectivity index (χ0v) is 13.7. The maximum Gasteiger partial charge on any atom is 0.332 e. The van der Waals surface area contributed by atoms with Crippen LogP contribution in [0.15, 0.2) is 24.3 Å². The number of hydrogen-bond donors (Lipinski definition) is 2. The standard InChI is InChI=1S/C15H21N2O4P/c1-3-20-22(19,21-4-2)8-7-16-13-5-6-15-12(9-13)10-14(11-18)17-15/h5-6,9-11,16-17H,3-4,7-8H2,1-2H3. The number of aldehydes is 1. The van der Waals surface area contributed by atoms with Gasteiger partial charge in [0.15, 0.2) is 6.29 Å². The van der Waals surface area contributed by atoms with E-state index in [0.29, 0.717) is 31.6 Å². The summed E-state index contributed by atoms with van der Waals surface area (Å²) in [6.07, 6.45) is 1.09. The van der Waals surface area contributed by atoms with Gasteiger partial charge in [-0.25, -0.2) is 0 Å². The first-order valence-electron chi connectivity index (χ1n) is 7.30. The van der Waals surface area contributed by atoms with Crippen LogP contribution >= 0.6 is 7.60 Å². The molecule has 0 saturated heterocycles. The third-order valence-electron chi connectivity index (χ3n) is 3.13. The van der Waals surface area contributed by atoms with Crippen molar-refractivity contribution in [1.29, 1.82) is 0 Å². The van der Waals surface area contributed by atoms with Crippen LogP contribution < -0.4 is 5.32 Å². The molecule has 0 bridgehead atoms. The molecule has 22 heavy (non-hydrogen) atoms. The van der Waals surface area contributed by atoms with Crippen LogP contribution in [0.3, 0.4) is 0 Å². The van der Waals surface area contributed by atoms with Crippen molar-refractivity contribution in [2.75, 3.05) is 31.2 Å². The molecule has 2 rings (SSSR count). The Balaban J connectivity index is 1.98. The molecule has 0 atom stereocenters. The van der Waals surface area contributed by atoms with Crippen LogP contribution in [0.4, 0.5) is 5.69 Å². The lowest BCUT2D eigenvalue weighted by Gasteiger charge is -2.17. The summed E-state index contributed by atoms with van der Waals surface area (Å²) in [5.41, 5.74) is 2.34. The highest BCUT2D eigenvalue weighted by Gasteiger charge is 2.22. The molecule has 0 aliphatic carbocycles. The number of H-pyrrole nitrogens is 1. The zero-order valence-electron chi connectivity index (χ0n) is 12.8. The van der Waals surface area contributed by atoms with Gasteiger partial charge in [0.2, 0.25) is 0 Å². The highest BCUT2D eigenvalue weighted by molar-refractivity contribution is 7.53. The Labute approximate surface area is 129 Å². The number of hydrogen-bond acceptors (Lipinski definition) is 5. The van der Waals surface area contributed by atoms with Crippen LogP contribution in [0.2, 0.25) is 0 Å². The summed E-state index contributed by atoms with van der Waals surface area (Å²) in [7, 11) is -3.02. The largest absolute Gasteiger partial charge is 0.384 e. The molecular formula is C15H21N2O4P. The van der Waals surface area contributed by atoms with Gasteiger partial charge in [0.25, 0.3) is 0 Å². The molecule has 1 aromatic heterocycles. The predicted octanol–water partition coefficient (Wildman–Crippen LogP) is 3.66. The van der Waals surface area contributed by atoms with Crippen molar-refractivity contribution in [3.05, 3.63) is 30.0 Å². The highest BCUT2D eigenvalue weighted by Crippen LogP contribution is 2.47. The molecule has 0 aliphatic rings. The lowest BCUT2D eigenvalue weighted by Crippen LogP contribution is -2.10. The Hall–Kier alpha value is -1.62. The average Bonchev–Trinajstić information content (AvgIpc) is 2.90. The monoisotopic (exact) mass is 324 g/mol. The zero-order chi connectivity index (χ0) is 16.0. The van der Waals surface area contributed by atoms with Gasteiger partial charge in [-0.15, -0.1) is 0 Å². The lowest BCUT2D eigenvalue weighted by atomic mass is 10.2. The second kappa shape index (κ2) is 7.58. The van der Waals surface area contributed by atoms with Crippen LogP contribution in [-0.4, -0.2) is 37.2 Å². The third-order valence-corrected chi connectivity index (χ3v) is 5.21. The molecule has 1 aromatic carbocycles. The molecule has 0 aliphatic heterocycles. The first-order chi connectivity index (χ1) is 10.6. The molecule has 0 spiro atoms. The molecule has 0 fully saturated rings. The third kappa shape index (κ3) is 4.19. The Morgan fingerprint density at radius 1 is 1.23 bits per heavy atom. The number of aromatic nitrogens is 1. The number of benzene rings is 1. The van der Waals surface area contributed by atoms with Crippen molar-refractivity contribution in [2.24, 2.45) is 0 Å². The summed E-state index contributed by atoms with van der Waals surface area (Å²) in [6, 6.07) is 7.53. The number of fused-ring (bicyclic) bond motifs is 1. The Kier molecular flexibility index (Phi) is 5.77. The van der Waals surface area contributed by atoms with E-state index in [1.807, 2.05) is 18.2 Å². The summed E-state index contributed by atoms with van der Waals surface area (Å²) < 4.78 is 22.8. The second-order valence-electron chi connectivity index (χ2n) is 4.74. The molecule has 0 amide bonds. The summed E-state index contributed by atoms with van der Waals surface area (Å²) in [5.74, 6) is 0. The van der Waals surface area contributed by atoms with Gasteiger partial charge in [-0.3, -0.25) is 9.36 Å². The minimum atomic E-state index is -3.02. The van der Waals surface area contributed by atoms with E-state index >= 15 is 0 Å². The van der Waals surface area contributed by atoms with E-state index in [0.717, 1.165) is 22.9 Å². The van der Waals surface area contributed by atoms with Crippen molar-refractivity contribution in [1.82, 2.24) is 4.98 Å². The van der Waals surface area contributed by atoms with Crippen LogP contribution in [0, 0.1) is 0 Å². The molecule has 7 heteroatoms. The fourth-order valence-electron chi connectivity index (χ4n) is 2.23. The SMILES string of the molecule is CCOP(=O)(CCNc1ccc2[nH]c(C=O)cc2c1)OCC. The Morgan fingerprint density at radius 3 is 2.59 bits per heavy atom. The van der Waals surface area contributed by atoms with Crippen molar-refractivity contribution >= 4 is 30.5 Å². The molecule has 0 saturated carbocycles. The quantitative estimate of drug-likeness (QED) is 0.543. The summed E-state index contributed by atoms with van der Waals surface area (Å²) in [4.78, 5) is 13.8. The minimum absolute atomic E-state index is 0.305. The van der Waals surface area contributed by atoms with Gasteiger partial charge in [0.1, 0.15) is 0 Å². The van der Waals surface area contributed by atoms with E-state index in [-0.39, 0.29) is 0 Å². The van der Waals surface area contributed by atoms with Gasteiger partial charge in [-0.2, -0.15) is 0 Å². The second-order valence-corrected chi connectivity index (χ2v) is 6.93. The number of rotatable bonds is 9. The Morgan fingerprint density at radius 2 is 1.95 bits per heavy atom. The van der Waals surface area contributed by atoms with Crippen molar-refractivity contribution < 1.29 is 18.4 Å². The topological polar surface area (TPSA) is 80.4 Å². The summed E-state index contributed by atoms with van der Waals surface area (Å²) >= 11 is 0. The molecule has 2 N–H and O–H groups in total. The van der Waals surface area contributed by atoms with Gasteiger partial charge in [0, 0.05) is 23.1 Å². The normalized spacial score (nSPS) is 11.7. The highest BCUT2D eigenvalue weighted by atomic mass is 31.2. The first kappa shape index (κ1) is 16.7. The first-order valence-corrected chi connectivity index (χ1v) is 9.03. The van der Waals surface area contributed by atoms with Crippen LogP contribution in [0.5, 0.6) is 0 Å². The number of nitrogens with one attached hydrogen (secondary N) is 2. The fourth-order valence-corrected chi connectivity index (χ4v) is 3.73. The molecular weight excluding hydrogens is 303 g/mol. The van der Waals surface area contributed by atoms with Crippen molar-refractivity contribution in [2.45, 2.75) is 13.8 Å². The number of anilines is 1. The van der Waals surface area contributed by atoms with Crippen LogP contribution in [0.25, 0.3) is 10.9 Å². The number of carbonyl (C=O) groups excluding carboxylic acids is 1. The van der Waals surface area contributed by atoms with Crippen LogP contribution in [-0.2, 0) is 13.6 Å². The van der Waals surface area contributed by atoms with E-state index in [4.69, 9.17) is 9.05 Å². The van der Waals surface area contributed by atoms with E-state index in [2.05, 4.69) is 10.3 Å². The van der Waals surface area contributed by atoms with Gasteiger partial charge >= 0.3 is 7.60 Å². The number of aromatic amines is 1. The lowest BCUT2D eigenvalue weighted by molar-refractivity contribution is 0.111. The maximum absolute atomic E-state index is 12.3. The smallest absolute Gasteiger partial charge is 0.332 e. The Bertz CT molecular complexity index is 673. The van der Waals surface area contributed by atoms with Gasteiger partial charge in [-0.1, -0.05) is 0 Å². The van der Waals surface area contributed by atoms with E-state index in [1.165, 1.54) is 0 Å². The summed E-state index contributed by atoms with van der Waals surface area (Å²) in [6.45, 7) is 4.79. The van der Waals surface area contributed by atoms with Crippen LogP contribution in [0.1, 0.15) is 24.3 Å². The minimum Gasteiger partial charge on any atom is -0.384 e. The molecule has 0 radical (unpaired) electrons. The molecule has 120 valence electrons. The van der Waals surface area contributed by atoms with E-state index in [9.17, 15) is 9.36 Å². The molecule has 0 unspecified atom stereocenters.